The fraction of sp³-hybridized carbons (Fsp3) is 0.917. The number of hydrogen-bond acceptors (Lipinski definition) is 2. The summed E-state index contributed by atoms with van der Waals surface area (Å²) in [5.74, 6) is 0.425. The normalized spacial score (nSPS) is 26.7. The second-order valence-electron chi connectivity index (χ2n) is 4.63. The smallest absolute Gasteiger partial charge is 0.133 e. The Morgan fingerprint density at radius 2 is 1.43 bits per heavy atom. The van der Waals surface area contributed by atoms with Crippen molar-refractivity contribution in [2.24, 2.45) is 0 Å². The minimum Gasteiger partial charge on any atom is -0.375 e. The van der Waals surface area contributed by atoms with Gasteiger partial charge in [-0.25, -0.2) is 0 Å². The van der Waals surface area contributed by atoms with Crippen molar-refractivity contribution in [3.05, 3.63) is 0 Å². The van der Waals surface area contributed by atoms with E-state index in [-0.39, 0.29) is 0 Å². The highest BCUT2D eigenvalue weighted by molar-refractivity contribution is 5.79. The molecule has 2 heteroatoms. The van der Waals surface area contributed by atoms with E-state index in [1.165, 1.54) is 32.1 Å². The van der Waals surface area contributed by atoms with Gasteiger partial charge in [-0.1, -0.05) is 19.3 Å². The highest BCUT2D eigenvalue weighted by atomic mass is 16.5. The predicted molar refractivity (Wildman–Crippen MR) is 55.2 cm³/mol. The fourth-order valence-electron chi connectivity index (χ4n) is 2.52. The van der Waals surface area contributed by atoms with Gasteiger partial charge in [-0.05, 0) is 25.7 Å². The molecule has 0 N–H and O–H groups in total. The van der Waals surface area contributed by atoms with Crippen LogP contribution in [0.4, 0.5) is 0 Å². The molecule has 0 saturated heterocycles. The summed E-state index contributed by atoms with van der Waals surface area (Å²) in [7, 11) is 0. The Morgan fingerprint density at radius 3 is 2.07 bits per heavy atom. The quantitative estimate of drug-likeness (QED) is 0.679. The Kier molecular flexibility index (Phi) is 3.57. The number of ether oxygens (including phenoxy) is 1. The molecule has 0 atom stereocenters. The molecular weight excluding hydrogens is 176 g/mol. The largest absolute Gasteiger partial charge is 0.375 e. The molecule has 0 aromatic heterocycles. The average molecular weight is 196 g/mol. The molecule has 0 heterocycles. The molecule has 0 aromatic carbocycles. The van der Waals surface area contributed by atoms with Gasteiger partial charge in [0.15, 0.2) is 0 Å². The Bertz CT molecular complexity index is 184. The number of rotatable bonds is 2. The van der Waals surface area contributed by atoms with E-state index in [1.54, 1.807) is 0 Å². The third-order valence-electron chi connectivity index (χ3n) is 3.43. The van der Waals surface area contributed by atoms with Crippen LogP contribution in [0.5, 0.6) is 0 Å². The van der Waals surface area contributed by atoms with E-state index < -0.39 is 0 Å². The molecule has 2 fully saturated rings. The second-order valence-corrected chi connectivity index (χ2v) is 4.63. The summed E-state index contributed by atoms with van der Waals surface area (Å²) >= 11 is 0. The van der Waals surface area contributed by atoms with E-state index in [0.29, 0.717) is 18.0 Å². The average Bonchev–Trinajstić information content (AvgIpc) is 2.23. The maximum Gasteiger partial charge on any atom is 0.133 e. The van der Waals surface area contributed by atoms with Gasteiger partial charge < -0.3 is 4.74 Å². The molecule has 14 heavy (non-hydrogen) atoms. The van der Waals surface area contributed by atoms with Gasteiger partial charge in [0.2, 0.25) is 0 Å². The molecule has 2 aliphatic rings. The maximum atomic E-state index is 11.0. The van der Waals surface area contributed by atoms with Crippen molar-refractivity contribution in [2.45, 2.75) is 70.0 Å². The van der Waals surface area contributed by atoms with Gasteiger partial charge in [0.25, 0.3) is 0 Å². The van der Waals surface area contributed by atoms with Crippen LogP contribution in [0, 0.1) is 0 Å². The van der Waals surface area contributed by atoms with Crippen LogP contribution in [0.3, 0.4) is 0 Å². The van der Waals surface area contributed by atoms with E-state index >= 15 is 0 Å². The van der Waals surface area contributed by atoms with Crippen LogP contribution in [0.1, 0.15) is 57.8 Å². The molecule has 0 bridgehead atoms. The first-order valence-electron chi connectivity index (χ1n) is 6.02. The first-order chi connectivity index (χ1) is 6.84. The highest BCUT2D eigenvalue weighted by Crippen LogP contribution is 2.26. The number of Topliss-reactive ketones (excluding diaryl/α,β-unsaturated/α-hetero) is 1. The molecule has 0 amide bonds. The van der Waals surface area contributed by atoms with Crippen molar-refractivity contribution in [2.75, 3.05) is 0 Å². The van der Waals surface area contributed by atoms with Crippen LogP contribution in [0.15, 0.2) is 0 Å². The second kappa shape index (κ2) is 4.92. The van der Waals surface area contributed by atoms with Gasteiger partial charge in [-0.15, -0.1) is 0 Å². The minimum absolute atomic E-state index is 0.385. The summed E-state index contributed by atoms with van der Waals surface area (Å²) < 4.78 is 6.03. The van der Waals surface area contributed by atoms with E-state index in [1.807, 2.05) is 0 Å². The molecule has 80 valence electrons. The molecule has 2 nitrogen and oxygen atoms in total. The number of hydrogen-bond donors (Lipinski definition) is 0. The lowest BCUT2D eigenvalue weighted by Gasteiger charge is -2.29. The van der Waals surface area contributed by atoms with Crippen molar-refractivity contribution in [1.82, 2.24) is 0 Å². The molecular formula is C12H20O2. The van der Waals surface area contributed by atoms with Crippen molar-refractivity contribution in [3.63, 3.8) is 0 Å². The zero-order valence-corrected chi connectivity index (χ0v) is 8.84. The lowest BCUT2D eigenvalue weighted by molar-refractivity contribution is -0.124. The number of carbonyl (C=O) groups excluding carboxylic acids is 1. The monoisotopic (exact) mass is 196 g/mol. The highest BCUT2D eigenvalue weighted by Gasteiger charge is 2.23. The standard InChI is InChI=1S/C12H20O2/c13-10-6-8-12(9-7-10)14-11-4-2-1-3-5-11/h11-12H,1-9H2. The van der Waals surface area contributed by atoms with Crippen LogP contribution < -0.4 is 0 Å². The molecule has 0 aromatic rings. The number of carbonyl (C=O) groups is 1. The van der Waals surface area contributed by atoms with Gasteiger partial charge >= 0.3 is 0 Å². The molecule has 0 unspecified atom stereocenters. The molecule has 0 aliphatic heterocycles. The SMILES string of the molecule is O=C1CCC(OC2CCCCC2)CC1. The van der Waals surface area contributed by atoms with Crippen LogP contribution in [0.2, 0.25) is 0 Å². The zero-order chi connectivity index (χ0) is 9.80. The molecule has 2 aliphatic carbocycles. The van der Waals surface area contributed by atoms with Crippen LogP contribution in [-0.2, 0) is 9.53 Å². The van der Waals surface area contributed by atoms with Gasteiger partial charge in [0.1, 0.15) is 5.78 Å². The van der Waals surface area contributed by atoms with E-state index in [9.17, 15) is 4.79 Å². The number of ketones is 1. The molecule has 0 spiro atoms. The molecule has 0 radical (unpaired) electrons. The summed E-state index contributed by atoms with van der Waals surface area (Å²) in [6.07, 6.45) is 10.8. The Morgan fingerprint density at radius 1 is 0.857 bits per heavy atom. The van der Waals surface area contributed by atoms with Gasteiger partial charge in [-0.3, -0.25) is 4.79 Å². The Balaban J connectivity index is 1.71. The van der Waals surface area contributed by atoms with Crippen molar-refractivity contribution in [3.8, 4) is 0 Å². The van der Waals surface area contributed by atoms with Gasteiger partial charge in [-0.2, -0.15) is 0 Å². The lowest BCUT2D eigenvalue weighted by Crippen LogP contribution is -2.28. The minimum atomic E-state index is 0.385. The van der Waals surface area contributed by atoms with Crippen LogP contribution >= 0.6 is 0 Å². The van der Waals surface area contributed by atoms with E-state index in [2.05, 4.69) is 0 Å². The lowest BCUT2D eigenvalue weighted by atomic mass is 9.94. The first kappa shape index (κ1) is 10.2. The Hall–Kier alpha value is -0.370. The zero-order valence-electron chi connectivity index (χ0n) is 8.84. The summed E-state index contributed by atoms with van der Waals surface area (Å²) in [6, 6.07) is 0. The maximum absolute atomic E-state index is 11.0. The summed E-state index contributed by atoms with van der Waals surface area (Å²) in [5, 5.41) is 0. The Labute approximate surface area is 86.0 Å². The fourth-order valence-corrected chi connectivity index (χ4v) is 2.52. The summed E-state index contributed by atoms with van der Waals surface area (Å²) in [4.78, 5) is 11.0. The summed E-state index contributed by atoms with van der Waals surface area (Å²) in [5.41, 5.74) is 0. The van der Waals surface area contributed by atoms with Gasteiger partial charge in [0, 0.05) is 12.8 Å². The topological polar surface area (TPSA) is 26.3 Å². The first-order valence-corrected chi connectivity index (χ1v) is 6.02. The third-order valence-corrected chi connectivity index (χ3v) is 3.43. The van der Waals surface area contributed by atoms with Crippen molar-refractivity contribution < 1.29 is 9.53 Å². The molecule has 2 saturated carbocycles. The third kappa shape index (κ3) is 2.81. The van der Waals surface area contributed by atoms with Crippen molar-refractivity contribution >= 4 is 5.78 Å². The molecule has 2 rings (SSSR count). The van der Waals surface area contributed by atoms with E-state index in [4.69, 9.17) is 4.74 Å². The van der Waals surface area contributed by atoms with Crippen LogP contribution in [0.25, 0.3) is 0 Å². The van der Waals surface area contributed by atoms with Gasteiger partial charge in [0.05, 0.1) is 12.2 Å². The predicted octanol–water partition coefficient (Wildman–Crippen LogP) is 2.85. The van der Waals surface area contributed by atoms with Crippen molar-refractivity contribution in [1.29, 1.82) is 0 Å². The van der Waals surface area contributed by atoms with E-state index in [0.717, 1.165) is 25.7 Å². The van der Waals surface area contributed by atoms with Crippen LogP contribution in [-0.4, -0.2) is 18.0 Å². The summed E-state index contributed by atoms with van der Waals surface area (Å²) in [6.45, 7) is 0.